The lowest BCUT2D eigenvalue weighted by Crippen LogP contribution is -2.43. The lowest BCUT2D eigenvalue weighted by molar-refractivity contribution is -0.0494. The molecule has 3 rings (SSSR count). The van der Waals surface area contributed by atoms with Crippen molar-refractivity contribution >= 4 is 34.0 Å². The number of nitriles is 1. The molecule has 0 bridgehead atoms. The summed E-state index contributed by atoms with van der Waals surface area (Å²) >= 11 is 7.18. The summed E-state index contributed by atoms with van der Waals surface area (Å²) < 4.78 is 30.3. The molecule has 1 saturated heterocycles. The number of carbonyl (C=O) groups is 1. The van der Waals surface area contributed by atoms with Gasteiger partial charge in [0.1, 0.15) is 16.3 Å². The van der Waals surface area contributed by atoms with Crippen LogP contribution < -0.4 is 15.4 Å². The molecule has 2 heterocycles. The highest BCUT2D eigenvalue weighted by Crippen LogP contribution is 2.40. The van der Waals surface area contributed by atoms with Crippen molar-refractivity contribution in [2.24, 2.45) is 5.73 Å². The average Bonchev–Trinajstić information content (AvgIpc) is 3.19. The quantitative estimate of drug-likeness (QED) is 0.628. The molecule has 1 aliphatic heterocycles. The van der Waals surface area contributed by atoms with E-state index in [1.165, 1.54) is 18.2 Å². The molecular formula is C20H22ClF2N5O2S. The molecule has 1 fully saturated rings. The second-order valence-electron chi connectivity index (χ2n) is 7.16. The smallest absolute Gasteiger partial charge is 0.387 e. The van der Waals surface area contributed by atoms with Crippen LogP contribution in [0.3, 0.4) is 0 Å². The minimum Gasteiger partial charge on any atom is -0.434 e. The maximum Gasteiger partial charge on any atom is 0.387 e. The summed E-state index contributed by atoms with van der Waals surface area (Å²) in [6.07, 6.45) is 2.23. The third-order valence-electron chi connectivity index (χ3n) is 5.19. The molecule has 31 heavy (non-hydrogen) atoms. The van der Waals surface area contributed by atoms with Crippen LogP contribution in [-0.4, -0.2) is 55.1 Å². The summed E-state index contributed by atoms with van der Waals surface area (Å²) in [6.45, 7) is -0.895. The predicted octanol–water partition coefficient (Wildman–Crippen LogP) is 3.98. The second kappa shape index (κ2) is 10.2. The molecule has 0 radical (unpaired) electrons. The third kappa shape index (κ3) is 5.61. The summed E-state index contributed by atoms with van der Waals surface area (Å²) in [7, 11) is 2.01. The van der Waals surface area contributed by atoms with E-state index in [9.17, 15) is 13.6 Å². The van der Waals surface area contributed by atoms with Gasteiger partial charge in [0.05, 0.1) is 6.07 Å². The Morgan fingerprint density at radius 2 is 2.19 bits per heavy atom. The maximum absolute atomic E-state index is 12.9. The molecule has 2 aromatic rings. The number of aromatic nitrogens is 1. The van der Waals surface area contributed by atoms with Crippen molar-refractivity contribution in [2.45, 2.75) is 31.9 Å². The van der Waals surface area contributed by atoms with Crippen LogP contribution in [0, 0.1) is 11.3 Å². The van der Waals surface area contributed by atoms with Crippen LogP contribution in [0.15, 0.2) is 18.2 Å². The summed E-state index contributed by atoms with van der Waals surface area (Å²) in [5, 5.41) is 9.65. The number of benzene rings is 1. The van der Waals surface area contributed by atoms with Crippen LogP contribution >= 0.6 is 22.9 Å². The fourth-order valence-corrected chi connectivity index (χ4v) is 4.74. The molecule has 1 aromatic heterocycles. The third-order valence-corrected chi connectivity index (χ3v) is 6.55. The fraction of sp³-hybridized carbons (Fsp3) is 0.450. The Hall–Kier alpha value is -2.48. The molecule has 1 aromatic carbocycles. The number of nitrogens with zero attached hydrogens (tertiary/aromatic N) is 4. The zero-order valence-corrected chi connectivity index (χ0v) is 18.4. The topological polar surface area (TPSA) is 95.5 Å². The molecule has 0 atom stereocenters. The van der Waals surface area contributed by atoms with Gasteiger partial charge in [0.25, 0.3) is 5.91 Å². The number of ether oxygens (including phenoxy) is 1. The van der Waals surface area contributed by atoms with Gasteiger partial charge in [-0.05, 0) is 38.1 Å². The number of rotatable bonds is 8. The first-order valence-electron chi connectivity index (χ1n) is 9.67. The van der Waals surface area contributed by atoms with Gasteiger partial charge >= 0.3 is 6.61 Å². The van der Waals surface area contributed by atoms with Crippen molar-refractivity contribution in [3.63, 3.8) is 0 Å². The molecule has 1 aliphatic rings. The van der Waals surface area contributed by atoms with Gasteiger partial charge in [-0.1, -0.05) is 22.9 Å². The number of primary amides is 1. The Morgan fingerprint density at radius 3 is 2.81 bits per heavy atom. The van der Waals surface area contributed by atoms with Gasteiger partial charge in [-0.25, -0.2) is 4.98 Å². The molecule has 0 spiro atoms. The standard InChI is InChI=1S/C20H22ClF2N5O2S/c1-27(8-2-7-24)13-5-9-28(10-6-13)20-26-16(17(31-20)18(25)29)14-11-12(21)3-4-15(14)30-19(22)23/h3-4,11,13,19H,2,5-6,8-10H2,1H3,(H2,25,29). The van der Waals surface area contributed by atoms with Gasteiger partial charge in [0.15, 0.2) is 5.13 Å². The van der Waals surface area contributed by atoms with Crippen molar-refractivity contribution in [2.75, 3.05) is 31.6 Å². The molecule has 11 heteroatoms. The van der Waals surface area contributed by atoms with Crippen molar-refractivity contribution in [3.8, 4) is 23.1 Å². The minimum absolute atomic E-state index is 0.128. The van der Waals surface area contributed by atoms with Gasteiger partial charge in [-0.3, -0.25) is 4.79 Å². The van der Waals surface area contributed by atoms with Crippen molar-refractivity contribution in [1.82, 2.24) is 9.88 Å². The highest BCUT2D eigenvalue weighted by atomic mass is 35.5. The molecule has 0 saturated carbocycles. The van der Waals surface area contributed by atoms with Crippen LogP contribution in [-0.2, 0) is 0 Å². The van der Waals surface area contributed by atoms with E-state index in [-0.39, 0.29) is 21.9 Å². The minimum atomic E-state index is -3.04. The number of amides is 1. The van der Waals surface area contributed by atoms with Gasteiger partial charge in [-0.2, -0.15) is 14.0 Å². The number of alkyl halides is 2. The maximum atomic E-state index is 12.9. The molecular weight excluding hydrogens is 448 g/mol. The molecule has 7 nitrogen and oxygen atoms in total. The number of thiazole rings is 1. The normalized spacial score (nSPS) is 14.8. The lowest BCUT2D eigenvalue weighted by Gasteiger charge is -2.36. The summed E-state index contributed by atoms with van der Waals surface area (Å²) in [4.78, 5) is 21.0. The number of nitrogens with two attached hydrogens (primary N) is 1. The highest BCUT2D eigenvalue weighted by Gasteiger charge is 2.27. The van der Waals surface area contributed by atoms with Gasteiger partial charge in [0.2, 0.25) is 0 Å². The van der Waals surface area contributed by atoms with Crippen molar-refractivity contribution in [3.05, 3.63) is 28.1 Å². The first-order chi connectivity index (χ1) is 14.8. The number of hydrogen-bond acceptors (Lipinski definition) is 7. The van der Waals surface area contributed by atoms with Crippen LogP contribution in [0.5, 0.6) is 5.75 Å². The van der Waals surface area contributed by atoms with Crippen LogP contribution in [0.2, 0.25) is 5.02 Å². The Bertz CT molecular complexity index is 973. The van der Waals surface area contributed by atoms with E-state index in [4.69, 9.17) is 22.6 Å². The molecule has 0 unspecified atom stereocenters. The second-order valence-corrected chi connectivity index (χ2v) is 8.58. The highest BCUT2D eigenvalue weighted by molar-refractivity contribution is 7.18. The molecule has 166 valence electrons. The average molecular weight is 470 g/mol. The van der Waals surface area contributed by atoms with E-state index in [1.54, 1.807) is 0 Å². The molecule has 0 aliphatic carbocycles. The Morgan fingerprint density at radius 1 is 1.48 bits per heavy atom. The SMILES string of the molecule is CN(CCC#N)C1CCN(c2nc(-c3cc(Cl)ccc3OC(F)F)c(C(N)=O)s2)CC1. The van der Waals surface area contributed by atoms with Gasteiger partial charge in [-0.15, -0.1) is 0 Å². The number of hydrogen-bond donors (Lipinski definition) is 1. The Labute approximate surface area is 188 Å². The van der Waals surface area contributed by atoms with E-state index < -0.39 is 12.5 Å². The van der Waals surface area contributed by atoms with Crippen molar-refractivity contribution < 1.29 is 18.3 Å². The summed E-state index contributed by atoms with van der Waals surface area (Å²) in [5.74, 6) is -0.829. The van der Waals surface area contributed by atoms with Gasteiger partial charge in [0, 0.05) is 42.7 Å². The molecule has 2 N–H and O–H groups in total. The molecule has 1 amide bonds. The summed E-state index contributed by atoms with van der Waals surface area (Å²) in [5.41, 5.74) is 5.92. The number of halogens is 3. The van der Waals surface area contributed by atoms with E-state index in [0.29, 0.717) is 35.7 Å². The zero-order valence-electron chi connectivity index (χ0n) is 16.9. The largest absolute Gasteiger partial charge is 0.434 e. The number of anilines is 1. The van der Waals surface area contributed by atoms with Crippen LogP contribution in [0.25, 0.3) is 11.3 Å². The van der Waals surface area contributed by atoms with E-state index in [2.05, 4.69) is 20.7 Å². The van der Waals surface area contributed by atoms with Crippen LogP contribution in [0.1, 0.15) is 28.9 Å². The van der Waals surface area contributed by atoms with E-state index in [1.807, 2.05) is 11.9 Å². The monoisotopic (exact) mass is 469 g/mol. The van der Waals surface area contributed by atoms with E-state index in [0.717, 1.165) is 30.7 Å². The number of piperidine rings is 1. The fourth-order valence-electron chi connectivity index (χ4n) is 3.59. The first-order valence-corrected chi connectivity index (χ1v) is 10.9. The van der Waals surface area contributed by atoms with Crippen LogP contribution in [0.4, 0.5) is 13.9 Å². The lowest BCUT2D eigenvalue weighted by atomic mass is 10.0. The van der Waals surface area contributed by atoms with Crippen molar-refractivity contribution in [1.29, 1.82) is 5.26 Å². The zero-order chi connectivity index (χ0) is 22.5. The Kier molecular flexibility index (Phi) is 7.64. The first kappa shape index (κ1) is 23.2. The predicted molar refractivity (Wildman–Crippen MR) is 116 cm³/mol. The van der Waals surface area contributed by atoms with E-state index >= 15 is 0 Å². The number of carbonyl (C=O) groups excluding carboxylic acids is 1. The summed E-state index contributed by atoms with van der Waals surface area (Å²) in [6, 6.07) is 6.69. The van der Waals surface area contributed by atoms with Gasteiger partial charge < -0.3 is 20.3 Å². The Balaban J connectivity index is 1.85.